The molecule has 2 aliphatic rings. The third-order valence-electron chi connectivity index (χ3n) is 9.10. The molecule has 1 fully saturated rings. The molecule has 0 spiro atoms. The molecule has 1 aliphatic carbocycles. The number of amides is 1. The van der Waals surface area contributed by atoms with E-state index < -0.39 is 83.1 Å². The Morgan fingerprint density at radius 3 is 1.92 bits per heavy atom. The summed E-state index contributed by atoms with van der Waals surface area (Å²) in [6.45, 7) is 1.04. The third kappa shape index (κ3) is 7.61. The first-order valence-electron chi connectivity index (χ1n) is 15.3. The van der Waals surface area contributed by atoms with Gasteiger partial charge in [-0.15, -0.1) is 5.10 Å². The van der Waals surface area contributed by atoms with E-state index in [9.17, 15) is 54.2 Å². The lowest BCUT2D eigenvalue weighted by Gasteiger charge is -2.45. The highest BCUT2D eigenvalue weighted by Gasteiger charge is 2.44. The van der Waals surface area contributed by atoms with Crippen molar-refractivity contribution < 1.29 is 54.2 Å². The van der Waals surface area contributed by atoms with Crippen LogP contribution in [-0.2, 0) is 41.7 Å². The Kier molecular flexibility index (Phi) is 9.64. The molecule has 18 heteroatoms. The maximum atomic E-state index is 14.1. The van der Waals surface area contributed by atoms with Crippen LogP contribution < -0.4 is 9.80 Å². The number of carbonyl (C=O) groups is 2. The van der Waals surface area contributed by atoms with Gasteiger partial charge in [0.1, 0.15) is 0 Å². The number of halogens is 9. The Labute approximate surface area is 273 Å². The van der Waals surface area contributed by atoms with Gasteiger partial charge in [0.2, 0.25) is 5.91 Å². The van der Waals surface area contributed by atoms with Gasteiger partial charge in [-0.25, -0.2) is 0 Å². The fourth-order valence-electron chi connectivity index (χ4n) is 6.65. The molecule has 0 saturated heterocycles. The van der Waals surface area contributed by atoms with Gasteiger partial charge >= 0.3 is 24.5 Å². The first-order valence-corrected chi connectivity index (χ1v) is 15.3. The van der Waals surface area contributed by atoms with Gasteiger partial charge in [-0.3, -0.25) is 9.59 Å². The minimum absolute atomic E-state index is 0.0273. The van der Waals surface area contributed by atoms with Gasteiger partial charge in [0, 0.05) is 24.2 Å². The lowest BCUT2D eigenvalue weighted by atomic mass is 9.80. The molecule has 266 valence electrons. The summed E-state index contributed by atoms with van der Waals surface area (Å²) in [6.07, 6.45) is -14.0. The number of carboxylic acid groups (broad SMARTS) is 1. The SMILES string of the molecule is CCC1CC(N(Cc2cc(C(F)(F)F)cc(C(F)(F)F)c2)c2nnn(C)n2)c2cc(C(F)(F)F)ccc2N1C(=O)C1CCC(C(=O)O)CC1. The molecule has 1 saturated carbocycles. The maximum absolute atomic E-state index is 14.1. The maximum Gasteiger partial charge on any atom is 0.416 e. The van der Waals surface area contributed by atoms with Crippen LogP contribution in [0.5, 0.6) is 0 Å². The molecule has 0 radical (unpaired) electrons. The Morgan fingerprint density at radius 1 is 0.857 bits per heavy atom. The number of aromatic nitrogens is 4. The number of alkyl halides is 9. The second-order valence-electron chi connectivity index (χ2n) is 12.3. The third-order valence-corrected chi connectivity index (χ3v) is 9.10. The number of carbonyl (C=O) groups excluding carboxylic acids is 1. The molecule has 1 aromatic heterocycles. The number of rotatable bonds is 7. The van der Waals surface area contributed by atoms with E-state index >= 15 is 0 Å². The van der Waals surface area contributed by atoms with Crippen LogP contribution in [0.15, 0.2) is 36.4 Å². The number of fused-ring (bicyclic) bond motifs is 1. The fraction of sp³-hybridized carbons (Fsp3) is 0.516. The Balaban J connectivity index is 1.64. The molecule has 3 aromatic rings. The van der Waals surface area contributed by atoms with E-state index in [0.29, 0.717) is 12.1 Å². The Bertz CT molecular complexity index is 1660. The predicted molar refractivity (Wildman–Crippen MR) is 155 cm³/mol. The normalized spacial score (nSPS) is 21.7. The monoisotopic (exact) mass is 706 g/mol. The van der Waals surface area contributed by atoms with Crippen LogP contribution in [0.25, 0.3) is 0 Å². The van der Waals surface area contributed by atoms with Gasteiger partial charge < -0.3 is 14.9 Å². The average molecular weight is 707 g/mol. The number of anilines is 2. The number of aliphatic carboxylic acids is 1. The topological polar surface area (TPSA) is 104 Å². The molecule has 49 heavy (non-hydrogen) atoms. The molecular formula is C31H31F9N6O3. The second kappa shape index (κ2) is 13.2. The lowest BCUT2D eigenvalue weighted by Crippen LogP contribution is -2.50. The van der Waals surface area contributed by atoms with Gasteiger partial charge in [0.25, 0.3) is 5.95 Å². The summed E-state index contributed by atoms with van der Waals surface area (Å²) in [6, 6.07) is 1.91. The lowest BCUT2D eigenvalue weighted by molar-refractivity contribution is -0.144. The summed E-state index contributed by atoms with van der Waals surface area (Å²) in [5, 5.41) is 21.1. The van der Waals surface area contributed by atoms with Gasteiger partial charge in [-0.1, -0.05) is 12.0 Å². The van der Waals surface area contributed by atoms with Crippen LogP contribution in [0.3, 0.4) is 0 Å². The highest BCUT2D eigenvalue weighted by molar-refractivity contribution is 5.97. The summed E-state index contributed by atoms with van der Waals surface area (Å²) in [5.41, 5.74) is -4.70. The molecule has 1 aliphatic heterocycles. The molecule has 2 atom stereocenters. The Hall–Kier alpha value is -4.38. The number of hydrogen-bond donors (Lipinski definition) is 1. The summed E-state index contributed by atoms with van der Waals surface area (Å²) in [4.78, 5) is 29.1. The zero-order valence-corrected chi connectivity index (χ0v) is 26.1. The van der Waals surface area contributed by atoms with E-state index in [0.717, 1.165) is 23.0 Å². The fourth-order valence-corrected chi connectivity index (χ4v) is 6.65. The average Bonchev–Trinajstić information content (AvgIpc) is 3.46. The van der Waals surface area contributed by atoms with Crippen LogP contribution in [0.1, 0.15) is 79.3 Å². The molecule has 9 nitrogen and oxygen atoms in total. The number of aryl methyl sites for hydroxylation is 1. The van der Waals surface area contributed by atoms with E-state index in [1.807, 2.05) is 0 Å². The smallest absolute Gasteiger partial charge is 0.416 e. The largest absolute Gasteiger partial charge is 0.481 e. The molecule has 2 heterocycles. The van der Waals surface area contributed by atoms with Gasteiger partial charge in [0.15, 0.2) is 0 Å². The molecule has 0 bridgehead atoms. The van der Waals surface area contributed by atoms with Crippen LogP contribution in [-0.4, -0.2) is 43.2 Å². The summed E-state index contributed by atoms with van der Waals surface area (Å²) < 4.78 is 125. The number of carboxylic acids is 1. The van der Waals surface area contributed by atoms with Crippen molar-refractivity contribution in [2.24, 2.45) is 18.9 Å². The van der Waals surface area contributed by atoms with Crippen LogP contribution in [0.4, 0.5) is 51.1 Å². The van der Waals surface area contributed by atoms with Crippen molar-refractivity contribution in [1.29, 1.82) is 0 Å². The van der Waals surface area contributed by atoms with E-state index in [1.165, 1.54) is 16.8 Å². The predicted octanol–water partition coefficient (Wildman–Crippen LogP) is 7.42. The minimum atomic E-state index is -5.15. The molecule has 1 N–H and O–H groups in total. The van der Waals surface area contributed by atoms with E-state index in [2.05, 4.69) is 15.4 Å². The summed E-state index contributed by atoms with van der Waals surface area (Å²) in [7, 11) is 1.35. The quantitative estimate of drug-likeness (QED) is 0.255. The van der Waals surface area contributed by atoms with E-state index in [1.54, 1.807) is 6.92 Å². The minimum Gasteiger partial charge on any atom is -0.481 e. The zero-order chi connectivity index (χ0) is 36.1. The first kappa shape index (κ1) is 35.9. The molecule has 2 aromatic carbocycles. The number of nitrogens with zero attached hydrogens (tertiary/aromatic N) is 6. The molecular weight excluding hydrogens is 675 g/mol. The standard InChI is InChI=1S/C31H31F9N6O3/c1-3-22-14-25(45(28-41-43-44(2)42-28)15-16-10-20(30(35,36)37)12-21(11-16)31(38,39)40)23-13-19(29(32,33)34)8-9-24(23)46(22)26(47)17-4-6-18(7-5-17)27(48)49/h8-13,17-18,22,25H,3-7,14-15H2,1-2H3,(H,48,49). The molecule has 2 unspecified atom stereocenters. The second-order valence-corrected chi connectivity index (χ2v) is 12.3. The number of tetrazole rings is 1. The summed E-state index contributed by atoms with van der Waals surface area (Å²) in [5.74, 6) is -2.90. The zero-order valence-electron chi connectivity index (χ0n) is 26.1. The van der Waals surface area contributed by atoms with Crippen molar-refractivity contribution in [3.8, 4) is 0 Å². The van der Waals surface area contributed by atoms with Crippen LogP contribution >= 0.6 is 0 Å². The number of hydrogen-bond acceptors (Lipinski definition) is 6. The van der Waals surface area contributed by atoms with Crippen molar-refractivity contribution in [3.05, 3.63) is 64.2 Å². The molecule has 5 rings (SSSR count). The number of benzene rings is 2. The highest BCUT2D eigenvalue weighted by Crippen LogP contribution is 2.47. The van der Waals surface area contributed by atoms with Crippen molar-refractivity contribution in [1.82, 2.24) is 20.2 Å². The highest BCUT2D eigenvalue weighted by atomic mass is 19.4. The van der Waals surface area contributed by atoms with E-state index in [4.69, 9.17) is 0 Å². The van der Waals surface area contributed by atoms with Gasteiger partial charge in [-0.05, 0) is 91.3 Å². The van der Waals surface area contributed by atoms with Crippen LogP contribution in [0.2, 0.25) is 0 Å². The van der Waals surface area contributed by atoms with Crippen molar-refractivity contribution in [2.75, 3.05) is 9.80 Å². The Morgan fingerprint density at radius 2 is 1.43 bits per heavy atom. The first-order chi connectivity index (χ1) is 22.8. The van der Waals surface area contributed by atoms with Crippen molar-refractivity contribution >= 4 is 23.5 Å². The molecule has 1 amide bonds. The van der Waals surface area contributed by atoms with E-state index in [-0.39, 0.29) is 61.8 Å². The van der Waals surface area contributed by atoms with Gasteiger partial charge in [-0.2, -0.15) is 44.3 Å². The van der Waals surface area contributed by atoms with Crippen LogP contribution in [0, 0.1) is 11.8 Å². The van der Waals surface area contributed by atoms with Crippen molar-refractivity contribution in [3.63, 3.8) is 0 Å². The van der Waals surface area contributed by atoms with Crippen molar-refractivity contribution in [2.45, 2.75) is 82.6 Å². The van der Waals surface area contributed by atoms with Gasteiger partial charge in [0.05, 0.1) is 35.7 Å². The summed E-state index contributed by atoms with van der Waals surface area (Å²) >= 11 is 0.